The van der Waals surface area contributed by atoms with Gasteiger partial charge in [0.1, 0.15) is 0 Å². The molecule has 0 radical (unpaired) electrons. The lowest BCUT2D eigenvalue weighted by atomic mass is 9.76. The number of nitrogens with two attached hydrogens (primary N) is 1. The van der Waals surface area contributed by atoms with Crippen LogP contribution in [0.4, 0.5) is 0 Å². The molecular weight excluding hydrogens is 224 g/mol. The van der Waals surface area contributed by atoms with E-state index in [0.717, 1.165) is 32.2 Å². The number of rotatable bonds is 1. The number of likely N-dealkylation sites (tertiary alicyclic amines) is 1. The predicted molar refractivity (Wildman–Crippen MR) is 74.1 cm³/mol. The minimum atomic E-state index is 0.168. The molecule has 0 aromatic rings. The van der Waals surface area contributed by atoms with Gasteiger partial charge in [-0.05, 0) is 44.4 Å². The minimum absolute atomic E-state index is 0.168. The van der Waals surface area contributed by atoms with Crippen LogP contribution < -0.4 is 5.73 Å². The monoisotopic (exact) mass is 252 g/mol. The van der Waals surface area contributed by atoms with Crippen LogP contribution in [-0.2, 0) is 4.79 Å². The third-order valence-electron chi connectivity index (χ3n) is 5.08. The van der Waals surface area contributed by atoms with Crippen molar-refractivity contribution in [1.82, 2.24) is 4.90 Å². The predicted octanol–water partition coefficient (Wildman–Crippen LogP) is 2.40. The van der Waals surface area contributed by atoms with E-state index < -0.39 is 0 Å². The van der Waals surface area contributed by atoms with E-state index in [2.05, 4.69) is 25.7 Å². The van der Waals surface area contributed by atoms with E-state index in [1.165, 1.54) is 6.42 Å². The fourth-order valence-corrected chi connectivity index (χ4v) is 3.55. The molecule has 2 N–H and O–H groups in total. The Kier molecular flexibility index (Phi) is 4.31. The number of piperidine rings is 1. The lowest BCUT2D eigenvalue weighted by molar-refractivity contribution is -0.143. The molecule has 18 heavy (non-hydrogen) atoms. The first-order valence-corrected chi connectivity index (χ1v) is 7.56. The fraction of sp³-hybridized carbons (Fsp3) is 0.933. The van der Waals surface area contributed by atoms with Crippen LogP contribution in [0.5, 0.6) is 0 Å². The van der Waals surface area contributed by atoms with Crippen LogP contribution >= 0.6 is 0 Å². The van der Waals surface area contributed by atoms with Crippen LogP contribution in [-0.4, -0.2) is 29.4 Å². The van der Waals surface area contributed by atoms with Gasteiger partial charge in [-0.15, -0.1) is 0 Å². The second kappa shape index (κ2) is 5.60. The largest absolute Gasteiger partial charge is 0.339 e. The van der Waals surface area contributed by atoms with E-state index >= 15 is 0 Å². The first kappa shape index (κ1) is 13.9. The molecule has 1 amide bonds. The smallest absolute Gasteiger partial charge is 0.226 e. The summed E-state index contributed by atoms with van der Waals surface area (Å²) in [5, 5.41) is 0. The summed E-state index contributed by atoms with van der Waals surface area (Å²) < 4.78 is 0. The van der Waals surface area contributed by atoms with E-state index in [1.54, 1.807) is 0 Å². The Labute approximate surface area is 111 Å². The SMILES string of the molecule is CC1CCC(C)N(C(=O)C2CCCC(N)C2C)C1. The summed E-state index contributed by atoms with van der Waals surface area (Å²) in [4.78, 5) is 14.9. The van der Waals surface area contributed by atoms with E-state index in [1.807, 2.05) is 0 Å². The van der Waals surface area contributed by atoms with Gasteiger partial charge in [-0.1, -0.05) is 20.3 Å². The molecule has 2 aliphatic rings. The van der Waals surface area contributed by atoms with Crippen molar-refractivity contribution in [3.8, 4) is 0 Å². The van der Waals surface area contributed by atoms with Gasteiger partial charge in [-0.3, -0.25) is 4.79 Å². The summed E-state index contributed by atoms with van der Waals surface area (Å²) in [5.41, 5.74) is 6.13. The Morgan fingerprint density at radius 3 is 2.56 bits per heavy atom. The Morgan fingerprint density at radius 1 is 1.11 bits per heavy atom. The van der Waals surface area contributed by atoms with E-state index in [0.29, 0.717) is 23.8 Å². The van der Waals surface area contributed by atoms with Crippen LogP contribution in [0, 0.1) is 17.8 Å². The highest BCUT2D eigenvalue weighted by Crippen LogP contribution is 2.32. The number of hydrogen-bond acceptors (Lipinski definition) is 2. The van der Waals surface area contributed by atoms with Crippen molar-refractivity contribution in [2.75, 3.05) is 6.54 Å². The summed E-state index contributed by atoms with van der Waals surface area (Å²) in [6.45, 7) is 7.54. The van der Waals surface area contributed by atoms with Crippen LogP contribution in [0.3, 0.4) is 0 Å². The zero-order valence-corrected chi connectivity index (χ0v) is 12.1. The minimum Gasteiger partial charge on any atom is -0.339 e. The quantitative estimate of drug-likeness (QED) is 0.779. The molecular formula is C15H28N2O. The highest BCUT2D eigenvalue weighted by Gasteiger charge is 2.37. The van der Waals surface area contributed by atoms with Gasteiger partial charge in [-0.25, -0.2) is 0 Å². The lowest BCUT2D eigenvalue weighted by Gasteiger charge is -2.42. The zero-order chi connectivity index (χ0) is 13.3. The number of amides is 1. The summed E-state index contributed by atoms with van der Waals surface area (Å²) in [5.74, 6) is 1.53. The maximum Gasteiger partial charge on any atom is 0.226 e. The van der Waals surface area contributed by atoms with Crippen LogP contribution in [0.2, 0.25) is 0 Å². The molecule has 0 bridgehead atoms. The van der Waals surface area contributed by atoms with Gasteiger partial charge in [0.15, 0.2) is 0 Å². The number of hydrogen-bond donors (Lipinski definition) is 1. The topological polar surface area (TPSA) is 46.3 Å². The van der Waals surface area contributed by atoms with Gasteiger partial charge >= 0.3 is 0 Å². The molecule has 0 spiro atoms. The zero-order valence-electron chi connectivity index (χ0n) is 12.1. The van der Waals surface area contributed by atoms with Gasteiger partial charge in [0.2, 0.25) is 5.91 Å². The van der Waals surface area contributed by atoms with Crippen molar-refractivity contribution in [2.45, 2.75) is 65.0 Å². The summed E-state index contributed by atoms with van der Waals surface area (Å²) in [7, 11) is 0. The van der Waals surface area contributed by atoms with Crippen LogP contribution in [0.15, 0.2) is 0 Å². The molecule has 1 saturated heterocycles. The van der Waals surface area contributed by atoms with Crippen molar-refractivity contribution >= 4 is 5.91 Å². The van der Waals surface area contributed by atoms with Gasteiger partial charge < -0.3 is 10.6 Å². The van der Waals surface area contributed by atoms with Crippen molar-refractivity contribution < 1.29 is 4.79 Å². The third kappa shape index (κ3) is 2.71. The molecule has 0 aromatic carbocycles. The van der Waals surface area contributed by atoms with Gasteiger partial charge in [0.25, 0.3) is 0 Å². The maximum atomic E-state index is 12.7. The first-order chi connectivity index (χ1) is 8.50. The van der Waals surface area contributed by atoms with Crippen molar-refractivity contribution in [2.24, 2.45) is 23.5 Å². The second-order valence-electron chi connectivity index (χ2n) is 6.58. The Morgan fingerprint density at radius 2 is 1.83 bits per heavy atom. The lowest BCUT2D eigenvalue weighted by Crippen LogP contribution is -2.51. The molecule has 3 nitrogen and oxygen atoms in total. The van der Waals surface area contributed by atoms with Crippen molar-refractivity contribution in [1.29, 1.82) is 0 Å². The molecule has 2 fully saturated rings. The van der Waals surface area contributed by atoms with Gasteiger partial charge in [-0.2, -0.15) is 0 Å². The molecule has 1 aliphatic carbocycles. The molecule has 5 unspecified atom stereocenters. The average molecular weight is 252 g/mol. The fourth-order valence-electron chi connectivity index (χ4n) is 3.55. The third-order valence-corrected chi connectivity index (χ3v) is 5.08. The molecule has 5 atom stereocenters. The summed E-state index contributed by atoms with van der Waals surface area (Å²) in [6, 6.07) is 0.629. The summed E-state index contributed by atoms with van der Waals surface area (Å²) >= 11 is 0. The molecule has 1 saturated carbocycles. The van der Waals surface area contributed by atoms with Gasteiger partial charge in [0, 0.05) is 24.5 Å². The summed E-state index contributed by atoms with van der Waals surface area (Å²) in [6.07, 6.45) is 5.63. The molecule has 2 rings (SSSR count). The van der Waals surface area contributed by atoms with Gasteiger partial charge in [0.05, 0.1) is 0 Å². The number of carbonyl (C=O) groups is 1. The van der Waals surface area contributed by atoms with Crippen molar-refractivity contribution in [3.05, 3.63) is 0 Å². The first-order valence-electron chi connectivity index (χ1n) is 7.56. The Bertz CT molecular complexity index is 301. The Balaban J connectivity index is 2.05. The maximum absolute atomic E-state index is 12.7. The number of nitrogens with zero attached hydrogens (tertiary/aromatic N) is 1. The van der Waals surface area contributed by atoms with E-state index in [9.17, 15) is 4.79 Å². The average Bonchev–Trinajstić information content (AvgIpc) is 2.35. The molecule has 1 aliphatic heterocycles. The normalized spacial score (nSPS) is 41.8. The molecule has 104 valence electrons. The Hall–Kier alpha value is -0.570. The van der Waals surface area contributed by atoms with Crippen LogP contribution in [0.1, 0.15) is 52.9 Å². The highest BCUT2D eigenvalue weighted by molar-refractivity contribution is 5.79. The van der Waals surface area contributed by atoms with E-state index in [4.69, 9.17) is 5.73 Å². The number of carbonyl (C=O) groups excluding carboxylic acids is 1. The molecule has 1 heterocycles. The van der Waals surface area contributed by atoms with Crippen molar-refractivity contribution in [3.63, 3.8) is 0 Å². The molecule has 0 aromatic heterocycles. The molecule has 3 heteroatoms. The standard InChI is InChI=1S/C15H28N2O/c1-10-7-8-11(2)17(9-10)15(18)13-5-4-6-14(16)12(13)3/h10-14H,4-9,16H2,1-3H3. The van der Waals surface area contributed by atoms with Crippen LogP contribution in [0.25, 0.3) is 0 Å². The van der Waals surface area contributed by atoms with E-state index in [-0.39, 0.29) is 12.0 Å². The second-order valence-corrected chi connectivity index (χ2v) is 6.58. The highest BCUT2D eigenvalue weighted by atomic mass is 16.2.